The van der Waals surface area contributed by atoms with E-state index in [-0.39, 0.29) is 24.7 Å². The number of nitrogens with zero attached hydrogens (tertiary/aromatic N) is 1. The highest BCUT2D eigenvalue weighted by molar-refractivity contribution is 8.00. The number of ketones is 1. The maximum atomic E-state index is 14.1. The Morgan fingerprint density at radius 2 is 1.38 bits per heavy atom. The van der Waals surface area contributed by atoms with E-state index in [0.717, 1.165) is 11.1 Å². The second kappa shape index (κ2) is 14.4. The molecule has 0 aliphatic carbocycles. The first-order valence-corrected chi connectivity index (χ1v) is 16.1. The van der Waals surface area contributed by atoms with Crippen molar-refractivity contribution in [1.29, 1.82) is 0 Å². The molecule has 4 aromatic carbocycles. The van der Waals surface area contributed by atoms with Gasteiger partial charge in [0, 0.05) is 16.9 Å². The van der Waals surface area contributed by atoms with Crippen LogP contribution in [0.4, 0.5) is 0 Å². The van der Waals surface area contributed by atoms with Gasteiger partial charge in [0.15, 0.2) is 18.5 Å². The molecule has 47 heavy (non-hydrogen) atoms. The second-order valence-electron chi connectivity index (χ2n) is 11.0. The fraction of sp³-hybridized carbons (Fsp3) is 0.189. The zero-order valence-electron chi connectivity index (χ0n) is 25.5. The smallest absolute Gasteiger partial charge is 0.356 e. The highest BCUT2D eigenvalue weighted by Crippen LogP contribution is 2.42. The average Bonchev–Trinajstić information content (AvgIpc) is 3.11. The molecule has 2 atom stereocenters. The number of carbonyl (C=O) groups is 4. The Kier molecular flexibility index (Phi) is 9.68. The Balaban J connectivity index is 1.24. The predicted molar refractivity (Wildman–Crippen MR) is 177 cm³/mol. The first kappa shape index (κ1) is 31.6. The van der Waals surface area contributed by atoms with Crippen molar-refractivity contribution in [3.05, 3.63) is 143 Å². The lowest BCUT2D eigenvalue weighted by atomic mass is 10.0. The number of carbonyl (C=O) groups excluding carboxylic acids is 4. The van der Waals surface area contributed by atoms with Gasteiger partial charge in [0.2, 0.25) is 0 Å². The molecule has 2 aliphatic heterocycles. The van der Waals surface area contributed by atoms with Crippen LogP contribution in [0.25, 0.3) is 0 Å². The maximum absolute atomic E-state index is 14.1. The van der Waals surface area contributed by atoms with Crippen LogP contribution in [-0.2, 0) is 19.1 Å². The summed E-state index contributed by atoms with van der Waals surface area (Å²) in [6, 6.07) is 33.6. The SMILES string of the molecule is CC(=O)c1ccc(OCC2=C(C(=O)OC(c3ccccc3)c3ccccc3)N3C(=O)C(NC(=O)COc4ccccc4)[C@@H]3SC2)cc1. The Labute approximate surface area is 276 Å². The minimum Gasteiger partial charge on any atom is -0.489 e. The Morgan fingerprint density at radius 3 is 1.98 bits per heavy atom. The standard InChI is InChI=1S/C37H32N2O7S/c1-24(40)25-17-19-30(20-18-25)44-21-28-23-47-36-32(38-31(41)22-45-29-15-9-4-10-16-29)35(42)39(36)33(28)37(43)46-34(26-11-5-2-6-12-26)27-13-7-3-8-14-27/h2-20,32,34,36H,21-23H2,1H3,(H,38,41)/t32?,36-/m0/s1. The molecular formula is C37H32N2O7S. The summed E-state index contributed by atoms with van der Waals surface area (Å²) in [6.45, 7) is 1.24. The van der Waals surface area contributed by atoms with E-state index in [4.69, 9.17) is 14.2 Å². The van der Waals surface area contributed by atoms with Gasteiger partial charge >= 0.3 is 5.97 Å². The third-order valence-electron chi connectivity index (χ3n) is 7.77. The molecule has 0 aromatic heterocycles. The molecule has 2 heterocycles. The summed E-state index contributed by atoms with van der Waals surface area (Å²) in [5, 5.41) is 2.25. The summed E-state index contributed by atoms with van der Waals surface area (Å²) in [5.74, 6) is -0.209. The molecule has 238 valence electrons. The van der Waals surface area contributed by atoms with Gasteiger partial charge < -0.3 is 19.5 Å². The number of fused-ring (bicyclic) bond motifs is 1. The molecule has 1 unspecified atom stereocenters. The molecule has 2 aliphatic rings. The molecule has 9 nitrogen and oxygen atoms in total. The lowest BCUT2D eigenvalue weighted by molar-refractivity contribution is -0.155. The lowest BCUT2D eigenvalue weighted by Gasteiger charge is -2.49. The van der Waals surface area contributed by atoms with Gasteiger partial charge in [0.25, 0.3) is 11.8 Å². The first-order valence-electron chi connectivity index (χ1n) is 15.1. The fourth-order valence-corrected chi connectivity index (χ4v) is 6.69. The summed E-state index contributed by atoms with van der Waals surface area (Å²) in [5.41, 5.74) is 2.77. The number of amides is 2. The molecule has 1 saturated heterocycles. The predicted octanol–water partition coefficient (Wildman–Crippen LogP) is 5.33. The van der Waals surface area contributed by atoms with E-state index in [2.05, 4.69) is 5.32 Å². The maximum Gasteiger partial charge on any atom is 0.356 e. The zero-order chi connectivity index (χ0) is 32.8. The first-order chi connectivity index (χ1) is 22.9. The van der Waals surface area contributed by atoms with Crippen LogP contribution in [0.2, 0.25) is 0 Å². The highest BCUT2D eigenvalue weighted by Gasteiger charge is 2.54. The number of rotatable bonds is 12. The lowest BCUT2D eigenvalue weighted by Crippen LogP contribution is -2.71. The largest absolute Gasteiger partial charge is 0.489 e. The van der Waals surface area contributed by atoms with Gasteiger partial charge in [-0.2, -0.15) is 0 Å². The van der Waals surface area contributed by atoms with E-state index in [9.17, 15) is 19.2 Å². The van der Waals surface area contributed by atoms with Crippen LogP contribution < -0.4 is 14.8 Å². The van der Waals surface area contributed by atoms with Crippen LogP contribution in [-0.4, -0.2) is 58.8 Å². The number of benzene rings is 4. The molecule has 0 bridgehead atoms. The second-order valence-corrected chi connectivity index (χ2v) is 12.1. The van der Waals surface area contributed by atoms with Gasteiger partial charge in [-0.3, -0.25) is 19.3 Å². The third-order valence-corrected chi connectivity index (χ3v) is 9.11. The molecule has 6 rings (SSSR count). The van der Waals surface area contributed by atoms with Gasteiger partial charge in [-0.05, 0) is 54.4 Å². The molecule has 4 aromatic rings. The van der Waals surface area contributed by atoms with Crippen molar-refractivity contribution in [2.24, 2.45) is 0 Å². The Hall–Kier alpha value is -5.35. The number of nitrogens with one attached hydrogen (secondary N) is 1. The molecule has 1 N–H and O–H groups in total. The van der Waals surface area contributed by atoms with E-state index < -0.39 is 35.3 Å². The van der Waals surface area contributed by atoms with Crippen molar-refractivity contribution in [3.63, 3.8) is 0 Å². The van der Waals surface area contributed by atoms with Gasteiger partial charge in [0.1, 0.15) is 35.2 Å². The van der Waals surface area contributed by atoms with Crippen LogP contribution >= 0.6 is 11.8 Å². The number of Topliss-reactive ketones (excluding diaryl/α,β-unsaturated/α-hetero) is 1. The highest BCUT2D eigenvalue weighted by atomic mass is 32.2. The van der Waals surface area contributed by atoms with Crippen LogP contribution in [0, 0.1) is 0 Å². The number of ether oxygens (including phenoxy) is 3. The molecule has 0 radical (unpaired) electrons. The van der Waals surface area contributed by atoms with Gasteiger partial charge in [-0.1, -0.05) is 78.9 Å². The van der Waals surface area contributed by atoms with Gasteiger partial charge in [-0.25, -0.2) is 4.79 Å². The number of β-lactam (4-membered cyclic amide) rings is 1. The van der Waals surface area contributed by atoms with Gasteiger partial charge in [-0.15, -0.1) is 11.8 Å². The molecule has 2 amide bonds. The summed E-state index contributed by atoms with van der Waals surface area (Å²) < 4.78 is 17.8. The van der Waals surface area contributed by atoms with Crippen molar-refractivity contribution < 1.29 is 33.4 Å². The number of hydrogen-bond donors (Lipinski definition) is 1. The third kappa shape index (κ3) is 7.23. The topological polar surface area (TPSA) is 111 Å². The number of thioether (sulfide) groups is 1. The van der Waals surface area contributed by atoms with Crippen molar-refractivity contribution in [2.45, 2.75) is 24.4 Å². The molecule has 10 heteroatoms. The molecular weight excluding hydrogens is 616 g/mol. The van der Waals surface area contributed by atoms with Crippen LogP contribution in [0.3, 0.4) is 0 Å². The summed E-state index contributed by atoms with van der Waals surface area (Å²) in [6.07, 6.45) is -0.728. The van der Waals surface area contributed by atoms with Gasteiger partial charge in [0.05, 0.1) is 0 Å². The van der Waals surface area contributed by atoms with Crippen LogP contribution in [0.5, 0.6) is 11.5 Å². The minimum atomic E-state index is -0.838. The number of para-hydroxylation sites is 1. The van der Waals surface area contributed by atoms with E-state index in [1.54, 1.807) is 48.5 Å². The molecule has 0 saturated carbocycles. The van der Waals surface area contributed by atoms with Crippen molar-refractivity contribution in [3.8, 4) is 11.5 Å². The Bertz CT molecular complexity index is 1740. The summed E-state index contributed by atoms with van der Waals surface area (Å²) in [7, 11) is 0. The van der Waals surface area contributed by atoms with Crippen LogP contribution in [0.15, 0.2) is 127 Å². The Morgan fingerprint density at radius 1 is 0.809 bits per heavy atom. The fourth-order valence-electron chi connectivity index (χ4n) is 5.37. The van der Waals surface area contributed by atoms with Crippen molar-refractivity contribution in [2.75, 3.05) is 19.0 Å². The summed E-state index contributed by atoms with van der Waals surface area (Å²) >= 11 is 1.42. The molecule has 1 fully saturated rings. The quantitative estimate of drug-likeness (QED) is 0.125. The van der Waals surface area contributed by atoms with E-state index in [0.29, 0.717) is 28.4 Å². The normalized spacial score (nSPS) is 17.0. The molecule has 0 spiro atoms. The minimum absolute atomic E-state index is 0.0105. The summed E-state index contributed by atoms with van der Waals surface area (Å²) in [4.78, 5) is 53.6. The van der Waals surface area contributed by atoms with E-state index in [1.165, 1.54) is 23.6 Å². The monoisotopic (exact) mass is 648 g/mol. The van der Waals surface area contributed by atoms with E-state index in [1.807, 2.05) is 66.7 Å². The zero-order valence-corrected chi connectivity index (χ0v) is 26.4. The van der Waals surface area contributed by atoms with Crippen molar-refractivity contribution >= 4 is 35.3 Å². The average molecular weight is 649 g/mol. The van der Waals surface area contributed by atoms with Crippen LogP contribution in [0.1, 0.15) is 34.5 Å². The number of esters is 1. The number of hydrogen-bond acceptors (Lipinski definition) is 8. The van der Waals surface area contributed by atoms with Crippen molar-refractivity contribution in [1.82, 2.24) is 10.2 Å². The van der Waals surface area contributed by atoms with E-state index >= 15 is 0 Å².